The Balaban J connectivity index is 2.22. The second kappa shape index (κ2) is 7.24. The van der Waals surface area contributed by atoms with Gasteiger partial charge in [0.2, 0.25) is 0 Å². The summed E-state index contributed by atoms with van der Waals surface area (Å²) < 4.78 is 12.7. The molecule has 0 saturated carbocycles. The third-order valence-corrected chi connectivity index (χ3v) is 3.58. The van der Waals surface area contributed by atoms with E-state index in [2.05, 4.69) is 21.0 Å². The summed E-state index contributed by atoms with van der Waals surface area (Å²) in [7, 11) is 1.60. The van der Waals surface area contributed by atoms with Gasteiger partial charge in [-0.2, -0.15) is 5.10 Å². The zero-order valence-corrected chi connectivity index (χ0v) is 13.2. The number of hydrogen-bond acceptors (Lipinski definition) is 5. The van der Waals surface area contributed by atoms with Gasteiger partial charge in [0.05, 0.1) is 19.9 Å². The van der Waals surface area contributed by atoms with Gasteiger partial charge in [-0.1, -0.05) is 15.9 Å². The molecule has 0 spiro atoms. The molecule has 0 atom stereocenters. The third-order valence-electron chi connectivity index (χ3n) is 2.80. The fourth-order valence-electron chi connectivity index (χ4n) is 1.75. The molecule has 0 bridgehead atoms. The van der Waals surface area contributed by atoms with Crippen LogP contribution in [0.25, 0.3) is 0 Å². The molecule has 2 rings (SSSR count). The third kappa shape index (κ3) is 4.05. The molecule has 0 radical (unpaired) electrons. The summed E-state index contributed by atoms with van der Waals surface area (Å²) >= 11 is 3.45. The molecule has 0 saturated heterocycles. The van der Waals surface area contributed by atoms with Crippen molar-refractivity contribution in [1.82, 2.24) is 9.78 Å². The number of ether oxygens (including phenoxy) is 2. The molecule has 1 aromatic carbocycles. The Kier molecular flexibility index (Phi) is 5.35. The summed E-state index contributed by atoms with van der Waals surface area (Å²) in [4.78, 5) is 12.0. The van der Waals surface area contributed by atoms with Crippen LogP contribution in [0.5, 0.6) is 11.5 Å². The maximum Gasteiger partial charge on any atom is 0.270 e. The van der Waals surface area contributed by atoms with Crippen molar-refractivity contribution >= 4 is 15.9 Å². The number of benzene rings is 1. The number of nitrogens with zero attached hydrogens (tertiary/aromatic N) is 2. The van der Waals surface area contributed by atoms with E-state index in [-0.39, 0.29) is 5.56 Å². The maximum atomic E-state index is 12.0. The molecule has 1 aromatic heterocycles. The minimum Gasteiger partial charge on any atom is -0.497 e. The summed E-state index contributed by atoms with van der Waals surface area (Å²) in [5.41, 5.74) is 6.01. The second-order valence-electron chi connectivity index (χ2n) is 4.28. The largest absolute Gasteiger partial charge is 0.497 e. The molecule has 0 unspecified atom stereocenters. The van der Waals surface area contributed by atoms with E-state index in [9.17, 15) is 4.79 Å². The van der Waals surface area contributed by atoms with Gasteiger partial charge in [-0.15, -0.1) is 0 Å². The van der Waals surface area contributed by atoms with Crippen molar-refractivity contribution < 1.29 is 9.47 Å². The molecule has 0 amide bonds. The molecule has 2 N–H and O–H groups in total. The molecule has 7 heteroatoms. The van der Waals surface area contributed by atoms with Gasteiger partial charge in [-0.25, -0.2) is 4.68 Å². The van der Waals surface area contributed by atoms with Crippen LogP contribution in [0.1, 0.15) is 5.56 Å². The van der Waals surface area contributed by atoms with E-state index in [1.807, 2.05) is 18.2 Å². The number of halogens is 1. The first-order valence-electron chi connectivity index (χ1n) is 6.36. The highest BCUT2D eigenvalue weighted by molar-refractivity contribution is 9.10. The van der Waals surface area contributed by atoms with Crippen LogP contribution >= 0.6 is 15.9 Å². The van der Waals surface area contributed by atoms with Crippen LogP contribution in [0.3, 0.4) is 0 Å². The first-order chi connectivity index (χ1) is 10.1. The minimum atomic E-state index is -0.237. The SMILES string of the molecule is COc1ccc(Br)c(Cn2ncc(OCCN)cc2=O)c1. The van der Waals surface area contributed by atoms with Gasteiger partial charge in [-0.05, 0) is 23.8 Å². The molecule has 112 valence electrons. The fraction of sp³-hybridized carbons (Fsp3) is 0.286. The van der Waals surface area contributed by atoms with Crippen LogP contribution in [0, 0.1) is 0 Å². The van der Waals surface area contributed by atoms with Crippen molar-refractivity contribution in [2.75, 3.05) is 20.3 Å². The number of methoxy groups -OCH3 is 1. The molecule has 0 aliphatic rings. The average molecular weight is 354 g/mol. The van der Waals surface area contributed by atoms with E-state index in [0.717, 1.165) is 15.8 Å². The fourth-order valence-corrected chi connectivity index (χ4v) is 2.12. The van der Waals surface area contributed by atoms with Crippen molar-refractivity contribution in [1.29, 1.82) is 0 Å². The predicted octanol–water partition coefficient (Wildman–Crippen LogP) is 1.40. The summed E-state index contributed by atoms with van der Waals surface area (Å²) in [6, 6.07) is 6.97. The Morgan fingerprint density at radius 1 is 1.33 bits per heavy atom. The Hall–Kier alpha value is -1.86. The molecule has 1 heterocycles. The van der Waals surface area contributed by atoms with Crippen molar-refractivity contribution in [3.05, 3.63) is 50.9 Å². The monoisotopic (exact) mass is 353 g/mol. The molecule has 21 heavy (non-hydrogen) atoms. The van der Waals surface area contributed by atoms with Crippen molar-refractivity contribution in [2.24, 2.45) is 5.73 Å². The number of nitrogens with two attached hydrogens (primary N) is 1. The molecule has 6 nitrogen and oxygen atoms in total. The molecular weight excluding hydrogens is 338 g/mol. The zero-order valence-electron chi connectivity index (χ0n) is 11.6. The Bertz CT molecular complexity index is 673. The van der Waals surface area contributed by atoms with Crippen LogP contribution in [0.2, 0.25) is 0 Å². The highest BCUT2D eigenvalue weighted by Gasteiger charge is 2.06. The number of aromatic nitrogens is 2. The van der Waals surface area contributed by atoms with Crippen molar-refractivity contribution in [3.63, 3.8) is 0 Å². The van der Waals surface area contributed by atoms with Gasteiger partial charge in [0.25, 0.3) is 5.56 Å². The first-order valence-corrected chi connectivity index (χ1v) is 7.16. The van der Waals surface area contributed by atoms with E-state index in [1.54, 1.807) is 7.11 Å². The lowest BCUT2D eigenvalue weighted by atomic mass is 10.2. The number of hydrogen-bond donors (Lipinski definition) is 1. The van der Waals surface area contributed by atoms with Crippen molar-refractivity contribution in [2.45, 2.75) is 6.54 Å². The maximum absolute atomic E-state index is 12.0. The van der Waals surface area contributed by atoms with Gasteiger partial charge < -0.3 is 15.2 Å². The molecule has 0 aliphatic heterocycles. The van der Waals surface area contributed by atoms with Crippen LogP contribution in [0.15, 0.2) is 39.7 Å². The summed E-state index contributed by atoms with van der Waals surface area (Å²) in [6.45, 7) is 1.08. The van der Waals surface area contributed by atoms with Crippen LogP contribution < -0.4 is 20.8 Å². The van der Waals surface area contributed by atoms with E-state index in [0.29, 0.717) is 25.4 Å². The summed E-state index contributed by atoms with van der Waals surface area (Å²) in [6.07, 6.45) is 1.51. The standard InChI is InChI=1S/C14H16BrN3O3/c1-20-11-2-3-13(15)10(6-11)9-18-14(19)7-12(8-17-18)21-5-4-16/h2-3,6-8H,4-5,9,16H2,1H3. The molecule has 0 aliphatic carbocycles. The quantitative estimate of drug-likeness (QED) is 0.848. The summed E-state index contributed by atoms with van der Waals surface area (Å²) in [5.74, 6) is 1.15. The smallest absolute Gasteiger partial charge is 0.270 e. The number of rotatable bonds is 6. The minimum absolute atomic E-state index is 0.237. The topological polar surface area (TPSA) is 79.4 Å². The Labute approximate surface area is 130 Å². The van der Waals surface area contributed by atoms with E-state index >= 15 is 0 Å². The van der Waals surface area contributed by atoms with E-state index in [4.69, 9.17) is 15.2 Å². The lowest BCUT2D eigenvalue weighted by Crippen LogP contribution is -2.23. The summed E-state index contributed by atoms with van der Waals surface area (Å²) in [5, 5.41) is 4.10. The predicted molar refractivity (Wildman–Crippen MR) is 82.8 cm³/mol. The average Bonchev–Trinajstić information content (AvgIpc) is 2.49. The zero-order chi connectivity index (χ0) is 15.2. The van der Waals surface area contributed by atoms with Gasteiger partial charge in [0.1, 0.15) is 18.1 Å². The van der Waals surface area contributed by atoms with Gasteiger partial charge in [0.15, 0.2) is 0 Å². The van der Waals surface area contributed by atoms with E-state index < -0.39 is 0 Å². The highest BCUT2D eigenvalue weighted by atomic mass is 79.9. The van der Waals surface area contributed by atoms with Crippen LogP contribution in [-0.4, -0.2) is 30.0 Å². The van der Waals surface area contributed by atoms with E-state index in [1.165, 1.54) is 16.9 Å². The van der Waals surface area contributed by atoms with Gasteiger partial charge in [0, 0.05) is 17.1 Å². The Morgan fingerprint density at radius 2 is 2.14 bits per heavy atom. The highest BCUT2D eigenvalue weighted by Crippen LogP contribution is 2.22. The molecule has 2 aromatic rings. The Morgan fingerprint density at radius 3 is 2.81 bits per heavy atom. The molecule has 0 fully saturated rings. The lowest BCUT2D eigenvalue weighted by Gasteiger charge is -2.09. The van der Waals surface area contributed by atoms with Crippen molar-refractivity contribution in [3.8, 4) is 11.5 Å². The first kappa shape index (κ1) is 15.5. The van der Waals surface area contributed by atoms with Crippen LogP contribution in [0.4, 0.5) is 0 Å². The van der Waals surface area contributed by atoms with Gasteiger partial charge >= 0.3 is 0 Å². The second-order valence-corrected chi connectivity index (χ2v) is 5.14. The lowest BCUT2D eigenvalue weighted by molar-refractivity contribution is 0.324. The van der Waals surface area contributed by atoms with Crippen LogP contribution in [-0.2, 0) is 6.54 Å². The van der Waals surface area contributed by atoms with Gasteiger partial charge in [-0.3, -0.25) is 4.79 Å². The molecular formula is C14H16BrN3O3. The normalized spacial score (nSPS) is 10.4.